The summed E-state index contributed by atoms with van der Waals surface area (Å²) in [7, 11) is 0. The summed E-state index contributed by atoms with van der Waals surface area (Å²) in [5.74, 6) is -3.06. The Morgan fingerprint density at radius 2 is 1.45 bits per heavy atom. The molecule has 0 bridgehead atoms. The molecule has 8 nitrogen and oxygen atoms in total. The molecule has 0 spiro atoms. The Bertz CT molecular complexity index is 959. The second-order valence-electron chi connectivity index (χ2n) is 7.93. The first-order valence-corrected chi connectivity index (χ1v) is 9.73. The van der Waals surface area contributed by atoms with Crippen LogP contribution in [0.4, 0.5) is 0 Å². The Hall–Kier alpha value is -3.52. The number of ether oxygens (including phenoxy) is 2. The third-order valence-electron chi connectivity index (χ3n) is 4.25. The summed E-state index contributed by atoms with van der Waals surface area (Å²) in [5, 5.41) is 0.490. The highest BCUT2D eigenvalue weighted by molar-refractivity contribution is 6.20. The molecule has 1 atom stereocenters. The smallest absolute Gasteiger partial charge is 0.339 e. The van der Waals surface area contributed by atoms with Crippen LogP contribution >= 0.6 is 0 Å². The highest BCUT2D eigenvalue weighted by Gasteiger charge is 2.40. The molecule has 0 unspecified atom stereocenters. The molecule has 0 N–H and O–H groups in total. The predicted octanol–water partition coefficient (Wildman–Crippen LogP) is 3.06. The van der Waals surface area contributed by atoms with E-state index in [9.17, 15) is 19.2 Å². The zero-order chi connectivity index (χ0) is 22.6. The van der Waals surface area contributed by atoms with Crippen LogP contribution in [0.5, 0.6) is 0 Å². The zero-order valence-corrected chi connectivity index (χ0v) is 17.5. The Labute approximate surface area is 179 Å². The lowest BCUT2D eigenvalue weighted by molar-refractivity contribution is -0.189. The molecule has 3 rings (SSSR count). The highest BCUT2D eigenvalue weighted by Crippen LogP contribution is 2.24. The molecule has 8 heteroatoms. The first-order chi connectivity index (χ1) is 14.7. The van der Waals surface area contributed by atoms with Crippen LogP contribution in [-0.2, 0) is 30.5 Å². The van der Waals surface area contributed by atoms with Crippen molar-refractivity contribution in [2.24, 2.45) is 0 Å². The highest BCUT2D eigenvalue weighted by atomic mass is 16.7. The standard InChI is InChI=1S/C23H23NO7/c1-23(2,3)30-19(25)13-18(22(28)29-14-15-9-5-4-6-10-15)31-24-20(26)16-11-7-8-12-17(16)21(24)27/h4-12,18H,13-14H2,1-3H3/t18-/m1/s1. The van der Waals surface area contributed by atoms with Crippen molar-refractivity contribution in [2.75, 3.05) is 0 Å². The summed E-state index contributed by atoms with van der Waals surface area (Å²) >= 11 is 0. The predicted molar refractivity (Wildman–Crippen MR) is 109 cm³/mol. The van der Waals surface area contributed by atoms with E-state index in [4.69, 9.17) is 14.3 Å². The summed E-state index contributed by atoms with van der Waals surface area (Å²) in [6, 6.07) is 15.1. The number of amides is 2. The van der Waals surface area contributed by atoms with Gasteiger partial charge in [0.05, 0.1) is 17.5 Å². The molecule has 1 heterocycles. The molecule has 0 aliphatic carbocycles. The van der Waals surface area contributed by atoms with Gasteiger partial charge < -0.3 is 9.47 Å². The van der Waals surface area contributed by atoms with Crippen LogP contribution in [0.1, 0.15) is 53.5 Å². The van der Waals surface area contributed by atoms with Crippen LogP contribution in [0, 0.1) is 0 Å². The largest absolute Gasteiger partial charge is 0.460 e. The maximum atomic E-state index is 12.7. The third-order valence-corrected chi connectivity index (χ3v) is 4.25. The van der Waals surface area contributed by atoms with Gasteiger partial charge in [0.25, 0.3) is 11.8 Å². The number of esters is 2. The summed E-state index contributed by atoms with van der Waals surface area (Å²) in [4.78, 5) is 55.5. The van der Waals surface area contributed by atoms with Crippen molar-refractivity contribution < 1.29 is 33.5 Å². The molecule has 2 amide bonds. The van der Waals surface area contributed by atoms with Crippen LogP contribution in [-0.4, -0.2) is 40.5 Å². The maximum Gasteiger partial charge on any atom is 0.339 e. The van der Waals surface area contributed by atoms with E-state index in [0.29, 0.717) is 5.06 Å². The van der Waals surface area contributed by atoms with Crippen LogP contribution < -0.4 is 0 Å². The van der Waals surface area contributed by atoms with Gasteiger partial charge in [-0.25, -0.2) is 9.63 Å². The molecule has 2 aromatic rings. The molecule has 31 heavy (non-hydrogen) atoms. The van der Waals surface area contributed by atoms with Crippen LogP contribution in [0.2, 0.25) is 0 Å². The van der Waals surface area contributed by atoms with Gasteiger partial charge in [0, 0.05) is 0 Å². The minimum atomic E-state index is -1.54. The average Bonchev–Trinajstić information content (AvgIpc) is 2.96. The van der Waals surface area contributed by atoms with Crippen molar-refractivity contribution in [1.29, 1.82) is 0 Å². The van der Waals surface area contributed by atoms with E-state index < -0.39 is 41.9 Å². The van der Waals surface area contributed by atoms with E-state index in [-0.39, 0.29) is 17.7 Å². The number of carbonyl (C=O) groups excluding carboxylic acids is 4. The summed E-state index contributed by atoms with van der Waals surface area (Å²) in [6.07, 6.45) is -2.07. The van der Waals surface area contributed by atoms with Crippen LogP contribution in [0.15, 0.2) is 54.6 Å². The van der Waals surface area contributed by atoms with Crippen molar-refractivity contribution in [3.63, 3.8) is 0 Å². The lowest BCUT2D eigenvalue weighted by Crippen LogP contribution is -2.40. The summed E-state index contributed by atoms with van der Waals surface area (Å²) in [6.45, 7) is 4.98. The fourth-order valence-electron chi connectivity index (χ4n) is 2.91. The Kier molecular flexibility index (Phi) is 6.50. The summed E-state index contributed by atoms with van der Waals surface area (Å²) < 4.78 is 10.5. The van der Waals surface area contributed by atoms with Gasteiger partial charge in [-0.05, 0) is 38.5 Å². The molecular weight excluding hydrogens is 402 g/mol. The van der Waals surface area contributed by atoms with Gasteiger partial charge in [0.1, 0.15) is 12.2 Å². The molecular formula is C23H23NO7. The van der Waals surface area contributed by atoms with Crippen molar-refractivity contribution >= 4 is 23.8 Å². The quantitative estimate of drug-likeness (QED) is 0.497. The number of hydrogen-bond donors (Lipinski definition) is 0. The second-order valence-corrected chi connectivity index (χ2v) is 7.93. The minimum Gasteiger partial charge on any atom is -0.460 e. The fourth-order valence-corrected chi connectivity index (χ4v) is 2.91. The number of hydroxylamine groups is 2. The van der Waals surface area contributed by atoms with Gasteiger partial charge in [-0.15, -0.1) is 5.06 Å². The monoisotopic (exact) mass is 425 g/mol. The van der Waals surface area contributed by atoms with Gasteiger partial charge >= 0.3 is 11.9 Å². The SMILES string of the molecule is CC(C)(C)OC(=O)C[C@@H](ON1C(=O)c2ccccc2C1=O)C(=O)OCc1ccccc1. The molecule has 162 valence electrons. The first kappa shape index (κ1) is 22.2. The number of fused-ring (bicyclic) bond motifs is 1. The third kappa shape index (κ3) is 5.55. The molecule has 0 aromatic heterocycles. The van der Waals surface area contributed by atoms with E-state index in [1.54, 1.807) is 57.2 Å². The van der Waals surface area contributed by atoms with Crippen molar-refractivity contribution in [3.8, 4) is 0 Å². The lowest BCUT2D eigenvalue weighted by Gasteiger charge is -2.23. The number of benzene rings is 2. The Morgan fingerprint density at radius 1 is 0.903 bits per heavy atom. The second kappa shape index (κ2) is 9.09. The topological polar surface area (TPSA) is 99.2 Å². The number of rotatable bonds is 7. The van der Waals surface area contributed by atoms with E-state index in [1.807, 2.05) is 6.07 Å². The molecule has 0 saturated heterocycles. The van der Waals surface area contributed by atoms with Crippen molar-refractivity contribution in [2.45, 2.75) is 45.5 Å². The lowest BCUT2D eigenvalue weighted by atomic mass is 10.1. The number of hydrogen-bond acceptors (Lipinski definition) is 7. The van der Waals surface area contributed by atoms with Crippen LogP contribution in [0.25, 0.3) is 0 Å². The zero-order valence-electron chi connectivity index (χ0n) is 17.5. The number of imide groups is 1. The van der Waals surface area contributed by atoms with Crippen molar-refractivity contribution in [1.82, 2.24) is 5.06 Å². The van der Waals surface area contributed by atoms with Gasteiger partial charge in [-0.3, -0.25) is 14.4 Å². The maximum absolute atomic E-state index is 12.7. The Morgan fingerprint density at radius 3 is 2.00 bits per heavy atom. The van der Waals surface area contributed by atoms with Gasteiger partial charge in [0.15, 0.2) is 6.10 Å². The van der Waals surface area contributed by atoms with E-state index in [1.165, 1.54) is 12.1 Å². The molecule has 0 saturated carbocycles. The number of nitrogens with zero attached hydrogens (tertiary/aromatic N) is 1. The van der Waals surface area contributed by atoms with Gasteiger partial charge in [-0.2, -0.15) is 0 Å². The Balaban J connectivity index is 1.75. The minimum absolute atomic E-state index is 0.0596. The molecule has 1 aliphatic heterocycles. The molecule has 2 aromatic carbocycles. The fraction of sp³-hybridized carbons (Fsp3) is 0.304. The number of carbonyl (C=O) groups is 4. The van der Waals surface area contributed by atoms with Gasteiger partial charge in [0.2, 0.25) is 0 Å². The normalized spacial score (nSPS) is 14.2. The summed E-state index contributed by atoms with van der Waals surface area (Å²) in [5.41, 5.74) is 0.250. The van der Waals surface area contributed by atoms with Gasteiger partial charge in [-0.1, -0.05) is 42.5 Å². The molecule has 0 fully saturated rings. The molecule has 0 radical (unpaired) electrons. The van der Waals surface area contributed by atoms with E-state index in [2.05, 4.69) is 0 Å². The van der Waals surface area contributed by atoms with E-state index >= 15 is 0 Å². The van der Waals surface area contributed by atoms with E-state index in [0.717, 1.165) is 5.56 Å². The molecule has 1 aliphatic rings. The first-order valence-electron chi connectivity index (χ1n) is 9.73. The average molecular weight is 425 g/mol. The van der Waals surface area contributed by atoms with Crippen LogP contribution in [0.3, 0.4) is 0 Å². The van der Waals surface area contributed by atoms with Crippen molar-refractivity contribution in [3.05, 3.63) is 71.3 Å².